The summed E-state index contributed by atoms with van der Waals surface area (Å²) in [5, 5.41) is 9.75. The number of ether oxygens (including phenoxy) is 1. The normalized spacial score (nSPS) is 25.6. The van der Waals surface area contributed by atoms with Crippen molar-refractivity contribution in [1.82, 2.24) is 4.90 Å². The maximum absolute atomic E-state index is 13.0. The molecule has 2 heterocycles. The molecule has 1 atom stereocenters. The number of hydrogen-bond donors (Lipinski definition) is 0. The summed E-state index contributed by atoms with van der Waals surface area (Å²) in [6, 6.07) is 2.22. The lowest BCUT2D eigenvalue weighted by molar-refractivity contribution is -0.138. The maximum atomic E-state index is 13.0. The number of hydrogen-bond acceptors (Lipinski definition) is 5. The Morgan fingerprint density at radius 2 is 2.05 bits per heavy atom. The lowest BCUT2D eigenvalue weighted by atomic mass is 9.77. The number of amides is 1. The first-order valence-corrected chi connectivity index (χ1v) is 8.77. The molecule has 0 aliphatic carbocycles. The van der Waals surface area contributed by atoms with Crippen LogP contribution in [0.1, 0.15) is 39.5 Å². The van der Waals surface area contributed by atoms with Gasteiger partial charge in [0, 0.05) is 18.8 Å². The van der Waals surface area contributed by atoms with Gasteiger partial charge in [-0.2, -0.15) is 5.26 Å². The van der Waals surface area contributed by atoms with Gasteiger partial charge in [0.2, 0.25) is 5.91 Å². The number of thioether (sulfide) groups is 1. The van der Waals surface area contributed by atoms with E-state index in [1.807, 2.05) is 0 Å². The first-order valence-electron chi connectivity index (χ1n) is 7.78. The van der Waals surface area contributed by atoms with Crippen LogP contribution in [0.5, 0.6) is 0 Å². The SMILES string of the molecule is CCOC(=O)C1=C(C)C(C#N)(C(=O)N2CCCCC2)CCS1. The molecule has 6 heteroatoms. The Bertz CT molecular complexity index is 532. The molecule has 0 bridgehead atoms. The molecule has 0 radical (unpaired) electrons. The Labute approximate surface area is 135 Å². The summed E-state index contributed by atoms with van der Waals surface area (Å²) in [5.74, 6) is 0.0172. The zero-order valence-corrected chi connectivity index (χ0v) is 14.0. The first kappa shape index (κ1) is 16.9. The average Bonchev–Trinajstić information content (AvgIpc) is 2.55. The van der Waals surface area contributed by atoms with Crippen LogP contribution in [0.15, 0.2) is 10.5 Å². The van der Waals surface area contributed by atoms with Crippen molar-refractivity contribution in [3.63, 3.8) is 0 Å². The second-order valence-corrected chi connectivity index (χ2v) is 6.75. The van der Waals surface area contributed by atoms with Crippen molar-refractivity contribution >= 4 is 23.6 Å². The average molecular weight is 322 g/mol. The number of likely N-dealkylation sites (tertiary alicyclic amines) is 1. The number of piperidine rings is 1. The molecule has 0 saturated carbocycles. The van der Waals surface area contributed by atoms with Crippen molar-refractivity contribution in [3.8, 4) is 6.07 Å². The minimum atomic E-state index is -1.20. The smallest absolute Gasteiger partial charge is 0.344 e. The van der Waals surface area contributed by atoms with Gasteiger partial charge < -0.3 is 9.64 Å². The third-order valence-electron chi connectivity index (χ3n) is 4.36. The van der Waals surface area contributed by atoms with Gasteiger partial charge in [0.05, 0.1) is 17.6 Å². The van der Waals surface area contributed by atoms with Gasteiger partial charge in [-0.3, -0.25) is 4.79 Å². The topological polar surface area (TPSA) is 70.4 Å². The Morgan fingerprint density at radius 3 is 2.64 bits per heavy atom. The van der Waals surface area contributed by atoms with Crippen LogP contribution in [0.3, 0.4) is 0 Å². The summed E-state index contributed by atoms with van der Waals surface area (Å²) in [7, 11) is 0. The van der Waals surface area contributed by atoms with E-state index in [4.69, 9.17) is 4.74 Å². The number of nitriles is 1. The minimum absolute atomic E-state index is 0.144. The van der Waals surface area contributed by atoms with E-state index in [0.717, 1.165) is 19.3 Å². The lowest BCUT2D eigenvalue weighted by Crippen LogP contribution is -2.47. The highest BCUT2D eigenvalue weighted by Gasteiger charge is 2.47. The van der Waals surface area contributed by atoms with Crippen LogP contribution in [0, 0.1) is 16.7 Å². The maximum Gasteiger partial charge on any atom is 0.344 e. The van der Waals surface area contributed by atoms with Crippen molar-refractivity contribution in [1.29, 1.82) is 5.26 Å². The van der Waals surface area contributed by atoms with E-state index in [9.17, 15) is 14.9 Å². The quantitative estimate of drug-likeness (QED) is 0.747. The monoisotopic (exact) mass is 322 g/mol. The van der Waals surface area contributed by atoms with Gasteiger partial charge in [0.25, 0.3) is 0 Å². The van der Waals surface area contributed by atoms with Crippen LogP contribution in [0.2, 0.25) is 0 Å². The Morgan fingerprint density at radius 1 is 1.36 bits per heavy atom. The largest absolute Gasteiger partial charge is 0.462 e. The summed E-state index contributed by atoms with van der Waals surface area (Å²) in [6.45, 7) is 5.17. The third-order valence-corrected chi connectivity index (χ3v) is 5.53. The second-order valence-electron chi connectivity index (χ2n) is 5.64. The predicted molar refractivity (Wildman–Crippen MR) is 84.9 cm³/mol. The molecular weight excluding hydrogens is 300 g/mol. The van der Waals surface area contributed by atoms with Crippen molar-refractivity contribution in [2.45, 2.75) is 39.5 Å². The molecule has 120 valence electrons. The van der Waals surface area contributed by atoms with Gasteiger partial charge in [0.1, 0.15) is 0 Å². The van der Waals surface area contributed by atoms with E-state index in [2.05, 4.69) is 6.07 Å². The molecular formula is C16H22N2O3S. The highest BCUT2D eigenvalue weighted by atomic mass is 32.2. The summed E-state index contributed by atoms with van der Waals surface area (Å²) < 4.78 is 5.06. The Hall–Kier alpha value is -1.48. The van der Waals surface area contributed by atoms with E-state index in [-0.39, 0.29) is 12.5 Å². The van der Waals surface area contributed by atoms with Gasteiger partial charge in [-0.1, -0.05) is 0 Å². The standard InChI is InChI=1S/C16H22N2O3S/c1-3-21-14(19)13-12(2)16(11-17,7-10-22-13)15(20)18-8-5-4-6-9-18/h3-10H2,1-2H3. The summed E-state index contributed by atoms with van der Waals surface area (Å²) in [4.78, 5) is 27.2. The summed E-state index contributed by atoms with van der Waals surface area (Å²) in [5.41, 5.74) is -0.648. The van der Waals surface area contributed by atoms with Gasteiger partial charge in [-0.25, -0.2) is 4.79 Å². The molecule has 1 fully saturated rings. The molecule has 0 aromatic carbocycles. The van der Waals surface area contributed by atoms with Crippen LogP contribution in [-0.4, -0.2) is 42.2 Å². The van der Waals surface area contributed by atoms with Gasteiger partial charge in [-0.15, -0.1) is 11.8 Å². The molecule has 22 heavy (non-hydrogen) atoms. The van der Waals surface area contributed by atoms with Crippen LogP contribution in [-0.2, 0) is 14.3 Å². The molecule has 0 aromatic rings. The van der Waals surface area contributed by atoms with Crippen molar-refractivity contribution in [2.24, 2.45) is 5.41 Å². The molecule has 2 rings (SSSR count). The van der Waals surface area contributed by atoms with E-state index in [1.165, 1.54) is 11.8 Å². The molecule has 0 N–H and O–H groups in total. The number of carbonyl (C=O) groups excluding carboxylic acids is 2. The first-order chi connectivity index (χ1) is 10.6. The molecule has 1 amide bonds. The second kappa shape index (κ2) is 7.19. The van der Waals surface area contributed by atoms with Crippen molar-refractivity contribution < 1.29 is 14.3 Å². The van der Waals surface area contributed by atoms with E-state index in [0.29, 0.717) is 35.7 Å². The van der Waals surface area contributed by atoms with Crippen LogP contribution < -0.4 is 0 Å². The van der Waals surface area contributed by atoms with Gasteiger partial charge in [0.15, 0.2) is 5.41 Å². The van der Waals surface area contributed by atoms with E-state index >= 15 is 0 Å². The third kappa shape index (κ3) is 3.00. The van der Waals surface area contributed by atoms with Gasteiger partial charge >= 0.3 is 5.97 Å². The van der Waals surface area contributed by atoms with Gasteiger partial charge in [-0.05, 0) is 45.1 Å². The molecule has 5 nitrogen and oxygen atoms in total. The van der Waals surface area contributed by atoms with Crippen molar-refractivity contribution in [3.05, 3.63) is 10.5 Å². The van der Waals surface area contributed by atoms with E-state index < -0.39 is 11.4 Å². The fraction of sp³-hybridized carbons (Fsp3) is 0.688. The highest BCUT2D eigenvalue weighted by molar-refractivity contribution is 8.04. The molecule has 2 aliphatic rings. The fourth-order valence-electron chi connectivity index (χ4n) is 3.03. The molecule has 0 spiro atoms. The summed E-state index contributed by atoms with van der Waals surface area (Å²) in [6.07, 6.45) is 3.55. The van der Waals surface area contributed by atoms with Crippen LogP contribution in [0.4, 0.5) is 0 Å². The summed E-state index contributed by atoms with van der Waals surface area (Å²) >= 11 is 1.38. The zero-order chi connectivity index (χ0) is 16.2. The van der Waals surface area contributed by atoms with Crippen LogP contribution >= 0.6 is 11.8 Å². The number of carbonyl (C=O) groups is 2. The predicted octanol–water partition coefficient (Wildman–Crippen LogP) is 2.48. The van der Waals surface area contributed by atoms with Crippen LogP contribution in [0.25, 0.3) is 0 Å². The lowest BCUT2D eigenvalue weighted by Gasteiger charge is -2.37. The Kier molecular flexibility index (Phi) is 5.52. The van der Waals surface area contributed by atoms with E-state index in [1.54, 1.807) is 18.7 Å². The zero-order valence-electron chi connectivity index (χ0n) is 13.2. The molecule has 1 saturated heterocycles. The van der Waals surface area contributed by atoms with Crippen molar-refractivity contribution in [2.75, 3.05) is 25.4 Å². The highest BCUT2D eigenvalue weighted by Crippen LogP contribution is 2.44. The fourth-order valence-corrected chi connectivity index (χ4v) is 4.21. The number of esters is 1. The molecule has 1 unspecified atom stereocenters. The molecule has 2 aliphatic heterocycles. The molecule has 0 aromatic heterocycles. The Balaban J connectivity index is 2.35. The minimum Gasteiger partial charge on any atom is -0.462 e. The number of rotatable bonds is 3. The number of nitrogens with zero attached hydrogens (tertiary/aromatic N) is 2.